The number of fused-ring (bicyclic) bond motifs is 3. The molecular formula is C12H20N2O. The van der Waals surface area contributed by atoms with E-state index in [1.54, 1.807) is 0 Å². The van der Waals surface area contributed by atoms with E-state index in [4.69, 9.17) is 0 Å². The predicted octanol–water partition coefficient (Wildman–Crippen LogP) is 1.14. The summed E-state index contributed by atoms with van der Waals surface area (Å²) in [4.78, 5) is 14.1. The molecule has 0 aromatic rings. The van der Waals surface area contributed by atoms with Crippen LogP contribution in [0.2, 0.25) is 0 Å². The van der Waals surface area contributed by atoms with Gasteiger partial charge in [-0.1, -0.05) is 19.3 Å². The fourth-order valence-electron chi connectivity index (χ4n) is 3.75. The van der Waals surface area contributed by atoms with Crippen LogP contribution in [0, 0.1) is 5.92 Å². The molecule has 1 aliphatic carbocycles. The molecule has 0 aromatic carbocycles. The topological polar surface area (TPSA) is 32.3 Å². The summed E-state index contributed by atoms with van der Waals surface area (Å²) in [6.45, 7) is 1.60. The molecule has 84 valence electrons. The second-order valence-electron chi connectivity index (χ2n) is 5.29. The van der Waals surface area contributed by atoms with Gasteiger partial charge in [0.1, 0.15) is 0 Å². The fraction of sp³-hybridized carbons (Fsp3) is 0.917. The number of carbonyl (C=O) groups is 1. The third-order valence-electron chi connectivity index (χ3n) is 4.39. The van der Waals surface area contributed by atoms with E-state index in [9.17, 15) is 4.79 Å². The van der Waals surface area contributed by atoms with Crippen molar-refractivity contribution in [3.8, 4) is 0 Å². The Morgan fingerprint density at radius 3 is 3.00 bits per heavy atom. The average Bonchev–Trinajstić information content (AvgIpc) is 2.43. The first-order valence-electron chi connectivity index (χ1n) is 6.38. The lowest BCUT2D eigenvalue weighted by Crippen LogP contribution is -2.54. The van der Waals surface area contributed by atoms with Gasteiger partial charge in [-0.3, -0.25) is 4.79 Å². The number of rotatable bonds is 0. The lowest BCUT2D eigenvalue weighted by Gasteiger charge is -2.35. The first-order chi connectivity index (χ1) is 7.36. The maximum absolute atomic E-state index is 11.9. The number of hydrogen-bond donors (Lipinski definition) is 1. The molecule has 0 radical (unpaired) electrons. The Morgan fingerprint density at radius 1 is 1.20 bits per heavy atom. The van der Waals surface area contributed by atoms with Crippen LogP contribution in [0.1, 0.15) is 38.5 Å². The number of amides is 1. The normalized spacial score (nSPS) is 40.9. The largest absolute Gasteiger partial charge is 0.334 e. The second kappa shape index (κ2) is 3.78. The molecule has 3 heteroatoms. The van der Waals surface area contributed by atoms with Crippen LogP contribution in [-0.4, -0.2) is 36.0 Å². The van der Waals surface area contributed by atoms with Crippen molar-refractivity contribution in [2.45, 2.75) is 50.6 Å². The van der Waals surface area contributed by atoms with Gasteiger partial charge in [0.2, 0.25) is 5.91 Å². The van der Waals surface area contributed by atoms with Crippen LogP contribution in [0.3, 0.4) is 0 Å². The highest BCUT2D eigenvalue weighted by molar-refractivity contribution is 5.80. The van der Waals surface area contributed by atoms with Crippen LogP contribution in [0.25, 0.3) is 0 Å². The molecule has 2 aliphatic heterocycles. The molecule has 2 heterocycles. The molecule has 3 fully saturated rings. The van der Waals surface area contributed by atoms with E-state index in [1.807, 2.05) is 0 Å². The van der Waals surface area contributed by atoms with E-state index in [0.29, 0.717) is 24.5 Å². The molecule has 1 N–H and O–H groups in total. The van der Waals surface area contributed by atoms with Gasteiger partial charge in [0, 0.05) is 18.6 Å². The zero-order valence-electron chi connectivity index (χ0n) is 9.24. The minimum atomic E-state index is 0.348. The molecule has 2 saturated heterocycles. The summed E-state index contributed by atoms with van der Waals surface area (Å²) in [6.07, 6.45) is 7.94. The Kier molecular flexibility index (Phi) is 2.43. The third-order valence-corrected chi connectivity index (χ3v) is 4.39. The number of carbonyl (C=O) groups excluding carboxylic acids is 1. The highest BCUT2D eigenvalue weighted by atomic mass is 16.2. The Labute approximate surface area is 91.2 Å². The zero-order valence-corrected chi connectivity index (χ0v) is 9.24. The van der Waals surface area contributed by atoms with E-state index in [2.05, 4.69) is 10.2 Å². The van der Waals surface area contributed by atoms with Crippen LogP contribution in [-0.2, 0) is 4.79 Å². The maximum Gasteiger partial charge on any atom is 0.237 e. The molecule has 3 nitrogen and oxygen atoms in total. The fourth-order valence-corrected chi connectivity index (χ4v) is 3.75. The van der Waals surface area contributed by atoms with E-state index < -0.39 is 0 Å². The number of hydrogen-bond acceptors (Lipinski definition) is 2. The summed E-state index contributed by atoms with van der Waals surface area (Å²) >= 11 is 0. The summed E-state index contributed by atoms with van der Waals surface area (Å²) in [5, 5.41) is 3.24. The van der Waals surface area contributed by atoms with Gasteiger partial charge in [0.15, 0.2) is 0 Å². The van der Waals surface area contributed by atoms with E-state index in [1.165, 1.54) is 38.5 Å². The van der Waals surface area contributed by atoms with Crippen LogP contribution >= 0.6 is 0 Å². The molecule has 3 aliphatic rings. The highest BCUT2D eigenvalue weighted by Gasteiger charge is 2.44. The van der Waals surface area contributed by atoms with E-state index in [-0.39, 0.29) is 0 Å². The lowest BCUT2D eigenvalue weighted by atomic mass is 9.94. The second-order valence-corrected chi connectivity index (χ2v) is 5.29. The van der Waals surface area contributed by atoms with E-state index >= 15 is 0 Å². The lowest BCUT2D eigenvalue weighted by molar-refractivity contribution is -0.135. The van der Waals surface area contributed by atoms with Gasteiger partial charge in [-0.25, -0.2) is 0 Å². The summed E-state index contributed by atoms with van der Waals surface area (Å²) in [7, 11) is 0. The minimum absolute atomic E-state index is 0.348. The van der Waals surface area contributed by atoms with Crippen LogP contribution in [0.5, 0.6) is 0 Å². The Hall–Kier alpha value is -0.570. The maximum atomic E-state index is 11.9. The standard InChI is InChI=1S/C12H20N2O/c15-12-8-13-7-10-6-9-4-2-1-3-5-11(9)14(10)12/h9-11,13H,1-8H2/t9-,10+,11+/m0/s1. The minimum Gasteiger partial charge on any atom is -0.334 e. The SMILES string of the molecule is O=C1CNC[C@H]2C[C@@H]3CCCCC[C@H]3N12. The smallest absolute Gasteiger partial charge is 0.237 e. The van der Waals surface area contributed by atoms with Crippen molar-refractivity contribution in [3.63, 3.8) is 0 Å². The van der Waals surface area contributed by atoms with Crippen LogP contribution in [0.4, 0.5) is 0 Å². The molecule has 1 saturated carbocycles. The van der Waals surface area contributed by atoms with Crippen molar-refractivity contribution in [3.05, 3.63) is 0 Å². The molecule has 0 unspecified atom stereocenters. The Bertz CT molecular complexity index is 266. The number of piperazine rings is 1. The van der Waals surface area contributed by atoms with Gasteiger partial charge >= 0.3 is 0 Å². The van der Waals surface area contributed by atoms with Gasteiger partial charge in [-0.05, 0) is 25.2 Å². The molecule has 1 amide bonds. The average molecular weight is 208 g/mol. The van der Waals surface area contributed by atoms with Crippen molar-refractivity contribution in [2.24, 2.45) is 5.92 Å². The Balaban J connectivity index is 1.82. The highest BCUT2D eigenvalue weighted by Crippen LogP contribution is 2.39. The van der Waals surface area contributed by atoms with Gasteiger partial charge in [0.05, 0.1) is 6.54 Å². The first-order valence-corrected chi connectivity index (χ1v) is 6.38. The monoisotopic (exact) mass is 208 g/mol. The quantitative estimate of drug-likeness (QED) is 0.647. The summed E-state index contributed by atoms with van der Waals surface area (Å²) < 4.78 is 0. The summed E-state index contributed by atoms with van der Waals surface area (Å²) in [5.74, 6) is 1.15. The van der Waals surface area contributed by atoms with Crippen LogP contribution in [0.15, 0.2) is 0 Å². The van der Waals surface area contributed by atoms with Gasteiger partial charge in [0.25, 0.3) is 0 Å². The van der Waals surface area contributed by atoms with Gasteiger partial charge in [-0.15, -0.1) is 0 Å². The molecule has 15 heavy (non-hydrogen) atoms. The zero-order chi connectivity index (χ0) is 10.3. The molecule has 0 spiro atoms. The molecular weight excluding hydrogens is 188 g/mol. The number of nitrogens with zero attached hydrogens (tertiary/aromatic N) is 1. The number of nitrogens with one attached hydrogen (secondary N) is 1. The van der Waals surface area contributed by atoms with E-state index in [0.717, 1.165) is 12.5 Å². The summed E-state index contributed by atoms with van der Waals surface area (Å²) in [5.41, 5.74) is 0. The van der Waals surface area contributed by atoms with Crippen molar-refractivity contribution >= 4 is 5.91 Å². The van der Waals surface area contributed by atoms with Gasteiger partial charge in [-0.2, -0.15) is 0 Å². The molecule has 3 atom stereocenters. The van der Waals surface area contributed by atoms with Crippen molar-refractivity contribution in [2.75, 3.05) is 13.1 Å². The van der Waals surface area contributed by atoms with Crippen LogP contribution < -0.4 is 5.32 Å². The molecule has 0 aromatic heterocycles. The Morgan fingerprint density at radius 2 is 2.07 bits per heavy atom. The summed E-state index contributed by atoms with van der Waals surface area (Å²) in [6, 6.07) is 1.10. The van der Waals surface area contributed by atoms with Gasteiger partial charge < -0.3 is 10.2 Å². The first kappa shape index (κ1) is 9.64. The van der Waals surface area contributed by atoms with Crippen molar-refractivity contribution in [1.29, 1.82) is 0 Å². The third kappa shape index (κ3) is 1.57. The van der Waals surface area contributed by atoms with Crippen molar-refractivity contribution < 1.29 is 4.79 Å². The molecule has 0 bridgehead atoms. The predicted molar refractivity (Wildman–Crippen MR) is 58.5 cm³/mol. The molecule has 3 rings (SSSR count). The van der Waals surface area contributed by atoms with Crippen molar-refractivity contribution in [1.82, 2.24) is 10.2 Å².